The Morgan fingerprint density at radius 3 is 2.56 bits per heavy atom. The Hall–Kier alpha value is -1.64. The minimum absolute atomic E-state index is 0.0331. The molecule has 0 aliphatic rings. The van der Waals surface area contributed by atoms with Crippen molar-refractivity contribution in [2.75, 3.05) is 0 Å². The van der Waals surface area contributed by atoms with Crippen molar-refractivity contribution in [3.8, 4) is 0 Å². The molecule has 0 spiro atoms. The second kappa shape index (κ2) is 6.34. The summed E-state index contributed by atoms with van der Waals surface area (Å²) in [7, 11) is 0. The Bertz CT molecular complexity index is 565. The van der Waals surface area contributed by atoms with Crippen LogP contribution in [-0.4, -0.2) is 5.78 Å². The molecule has 18 heavy (non-hydrogen) atoms. The summed E-state index contributed by atoms with van der Waals surface area (Å²) in [6.45, 7) is 0. The largest absolute Gasteiger partial charge is 0.288 e. The van der Waals surface area contributed by atoms with E-state index in [9.17, 15) is 4.79 Å². The first-order valence-corrected chi connectivity index (χ1v) is 6.69. The van der Waals surface area contributed by atoms with Crippen LogP contribution in [0, 0.1) is 0 Å². The number of carbonyl (C=O) groups excluding carboxylic acids is 1. The van der Waals surface area contributed by atoms with E-state index in [1.807, 2.05) is 53.9 Å². The number of allylic oxidation sites excluding steroid dienone is 3. The van der Waals surface area contributed by atoms with E-state index in [1.54, 1.807) is 12.2 Å². The Kier molecular flexibility index (Phi) is 4.51. The van der Waals surface area contributed by atoms with Gasteiger partial charge in [0.1, 0.15) is 0 Å². The maximum absolute atomic E-state index is 11.6. The maximum atomic E-state index is 11.6. The monoisotopic (exact) mass is 274 g/mol. The lowest BCUT2D eigenvalue weighted by Gasteiger charge is -1.91. The van der Waals surface area contributed by atoms with Crippen LogP contribution in [0.25, 0.3) is 6.08 Å². The fourth-order valence-electron chi connectivity index (χ4n) is 1.38. The average molecular weight is 275 g/mol. The summed E-state index contributed by atoms with van der Waals surface area (Å²) in [5.41, 5.74) is 1.05. The van der Waals surface area contributed by atoms with Crippen LogP contribution in [0.4, 0.5) is 0 Å². The third-order valence-electron chi connectivity index (χ3n) is 2.28. The molecule has 90 valence electrons. The quantitative estimate of drug-likeness (QED) is 0.442. The van der Waals surface area contributed by atoms with Gasteiger partial charge in [-0.1, -0.05) is 48.0 Å². The van der Waals surface area contributed by atoms with Crippen LogP contribution >= 0.6 is 22.9 Å². The zero-order chi connectivity index (χ0) is 12.8. The summed E-state index contributed by atoms with van der Waals surface area (Å²) < 4.78 is 0. The first kappa shape index (κ1) is 12.8. The summed E-state index contributed by atoms with van der Waals surface area (Å²) in [6, 6.07) is 11.2. The molecule has 0 saturated heterocycles. The van der Waals surface area contributed by atoms with E-state index in [1.165, 1.54) is 11.3 Å². The molecule has 1 heterocycles. The van der Waals surface area contributed by atoms with E-state index >= 15 is 0 Å². The van der Waals surface area contributed by atoms with Crippen LogP contribution in [-0.2, 0) is 0 Å². The highest BCUT2D eigenvalue weighted by molar-refractivity contribution is 7.12. The van der Waals surface area contributed by atoms with Crippen LogP contribution in [0.1, 0.15) is 15.2 Å². The van der Waals surface area contributed by atoms with Gasteiger partial charge in [-0.2, -0.15) is 0 Å². The number of hydrogen-bond donors (Lipinski definition) is 0. The number of ketones is 1. The highest BCUT2D eigenvalue weighted by atomic mass is 35.5. The SMILES string of the molecule is O=C(/C=C/C=C/c1ccc(Cl)cc1)c1cccs1. The molecule has 0 bridgehead atoms. The Morgan fingerprint density at radius 2 is 1.89 bits per heavy atom. The number of thiophene rings is 1. The van der Waals surface area contributed by atoms with Crippen molar-refractivity contribution in [3.05, 3.63) is 75.5 Å². The number of rotatable bonds is 4. The van der Waals surface area contributed by atoms with Crippen LogP contribution in [0.5, 0.6) is 0 Å². The van der Waals surface area contributed by atoms with Crippen molar-refractivity contribution in [3.63, 3.8) is 0 Å². The minimum atomic E-state index is 0.0331. The lowest BCUT2D eigenvalue weighted by Crippen LogP contribution is -1.87. The van der Waals surface area contributed by atoms with Crippen molar-refractivity contribution in [2.45, 2.75) is 0 Å². The number of halogens is 1. The Morgan fingerprint density at radius 1 is 1.11 bits per heavy atom. The van der Waals surface area contributed by atoms with E-state index in [0.29, 0.717) is 0 Å². The molecule has 2 aromatic rings. The molecule has 0 saturated carbocycles. The molecule has 0 unspecified atom stereocenters. The smallest absolute Gasteiger partial charge is 0.195 e. The van der Waals surface area contributed by atoms with Crippen molar-refractivity contribution in [1.29, 1.82) is 0 Å². The molecule has 3 heteroatoms. The van der Waals surface area contributed by atoms with E-state index in [0.717, 1.165) is 15.5 Å². The van der Waals surface area contributed by atoms with E-state index < -0.39 is 0 Å². The van der Waals surface area contributed by atoms with Crippen molar-refractivity contribution < 1.29 is 4.79 Å². The summed E-state index contributed by atoms with van der Waals surface area (Å²) in [4.78, 5) is 12.4. The fourth-order valence-corrected chi connectivity index (χ4v) is 2.16. The fraction of sp³-hybridized carbons (Fsp3) is 0. The van der Waals surface area contributed by atoms with Gasteiger partial charge in [-0.05, 0) is 35.2 Å². The van der Waals surface area contributed by atoms with Crippen molar-refractivity contribution >= 4 is 34.8 Å². The molecule has 1 aromatic carbocycles. The van der Waals surface area contributed by atoms with Gasteiger partial charge in [0.05, 0.1) is 4.88 Å². The predicted molar refractivity (Wildman–Crippen MR) is 78.3 cm³/mol. The van der Waals surface area contributed by atoms with Gasteiger partial charge in [0.15, 0.2) is 5.78 Å². The average Bonchev–Trinajstić information content (AvgIpc) is 2.90. The van der Waals surface area contributed by atoms with Gasteiger partial charge >= 0.3 is 0 Å². The van der Waals surface area contributed by atoms with Crippen LogP contribution in [0.3, 0.4) is 0 Å². The predicted octanol–water partition coefficient (Wildman–Crippen LogP) is 4.85. The molecule has 0 atom stereocenters. The van der Waals surface area contributed by atoms with Crippen LogP contribution < -0.4 is 0 Å². The molecule has 0 aliphatic heterocycles. The molecule has 0 fully saturated rings. The second-order valence-corrected chi connectivity index (χ2v) is 5.00. The molecule has 1 nitrogen and oxygen atoms in total. The highest BCUT2D eigenvalue weighted by Crippen LogP contribution is 2.11. The van der Waals surface area contributed by atoms with E-state index in [-0.39, 0.29) is 5.78 Å². The van der Waals surface area contributed by atoms with Gasteiger partial charge in [0, 0.05) is 5.02 Å². The van der Waals surface area contributed by atoms with Crippen molar-refractivity contribution in [2.24, 2.45) is 0 Å². The molecule has 0 amide bonds. The molecule has 0 radical (unpaired) electrons. The van der Waals surface area contributed by atoms with E-state index in [4.69, 9.17) is 11.6 Å². The van der Waals surface area contributed by atoms with Gasteiger partial charge in [-0.3, -0.25) is 4.79 Å². The standard InChI is InChI=1S/C15H11ClOS/c16-13-9-7-12(8-10-13)4-1-2-5-14(17)15-6-3-11-18-15/h1-11H/b4-1+,5-2+. The van der Waals surface area contributed by atoms with E-state index in [2.05, 4.69) is 0 Å². The van der Waals surface area contributed by atoms with Crippen LogP contribution in [0.2, 0.25) is 5.02 Å². The highest BCUT2D eigenvalue weighted by Gasteiger charge is 1.99. The Labute approximate surface area is 115 Å². The zero-order valence-electron chi connectivity index (χ0n) is 9.55. The lowest BCUT2D eigenvalue weighted by molar-refractivity contribution is 0.105. The minimum Gasteiger partial charge on any atom is -0.288 e. The number of benzene rings is 1. The summed E-state index contributed by atoms with van der Waals surface area (Å²) in [5, 5.41) is 2.61. The molecule has 0 N–H and O–H groups in total. The summed E-state index contributed by atoms with van der Waals surface area (Å²) >= 11 is 7.24. The molecular weight excluding hydrogens is 264 g/mol. The van der Waals surface area contributed by atoms with Gasteiger partial charge < -0.3 is 0 Å². The number of carbonyl (C=O) groups is 1. The van der Waals surface area contributed by atoms with Gasteiger partial charge in [0.25, 0.3) is 0 Å². The third kappa shape index (κ3) is 3.69. The lowest BCUT2D eigenvalue weighted by atomic mass is 10.2. The Balaban J connectivity index is 1.95. The second-order valence-electron chi connectivity index (χ2n) is 3.61. The third-order valence-corrected chi connectivity index (χ3v) is 3.42. The number of hydrogen-bond acceptors (Lipinski definition) is 2. The van der Waals surface area contributed by atoms with Gasteiger partial charge in [-0.15, -0.1) is 11.3 Å². The topological polar surface area (TPSA) is 17.1 Å². The van der Waals surface area contributed by atoms with Gasteiger partial charge in [0.2, 0.25) is 0 Å². The van der Waals surface area contributed by atoms with Gasteiger partial charge in [-0.25, -0.2) is 0 Å². The summed E-state index contributed by atoms with van der Waals surface area (Å²) in [5.74, 6) is 0.0331. The van der Waals surface area contributed by atoms with Crippen LogP contribution in [0.15, 0.2) is 60.0 Å². The molecule has 1 aromatic heterocycles. The van der Waals surface area contributed by atoms with Crippen molar-refractivity contribution in [1.82, 2.24) is 0 Å². The molecule has 0 aliphatic carbocycles. The normalized spacial score (nSPS) is 11.4. The first-order valence-electron chi connectivity index (χ1n) is 5.44. The first-order chi connectivity index (χ1) is 8.75. The maximum Gasteiger partial charge on any atom is 0.195 e. The zero-order valence-corrected chi connectivity index (χ0v) is 11.1. The molecule has 2 rings (SSSR count). The summed E-state index contributed by atoms with van der Waals surface area (Å²) in [6.07, 6.45) is 7.08. The molecular formula is C15H11ClOS.